The number of nitrogens with zero attached hydrogens (tertiary/aromatic N) is 3. The molecule has 0 spiro atoms. The van der Waals surface area contributed by atoms with Gasteiger partial charge in [-0.3, -0.25) is 19.4 Å². The topological polar surface area (TPSA) is 92.3 Å². The van der Waals surface area contributed by atoms with Crippen LogP contribution in [-0.4, -0.2) is 27.7 Å². The van der Waals surface area contributed by atoms with Crippen LogP contribution in [0.1, 0.15) is 36.8 Å². The minimum Gasteiger partial charge on any atom is -0.346 e. The molecular weight excluding hydrogens is 424 g/mol. The van der Waals surface area contributed by atoms with E-state index in [1.54, 1.807) is 60.9 Å². The lowest BCUT2D eigenvalue weighted by molar-refractivity contribution is 0.0923. The van der Waals surface area contributed by atoms with Crippen molar-refractivity contribution in [2.45, 2.75) is 6.54 Å². The van der Waals surface area contributed by atoms with Gasteiger partial charge in [-0.2, -0.15) is 0 Å². The number of fused-ring (bicyclic) bond motifs is 1. The normalized spacial score (nSPS) is 12.7. The molecule has 0 radical (unpaired) electrons. The van der Waals surface area contributed by atoms with Crippen LogP contribution in [-0.2, 0) is 6.54 Å². The van der Waals surface area contributed by atoms with Gasteiger partial charge >= 0.3 is 0 Å². The monoisotopic (exact) mass is 440 g/mol. The number of nitrogens with one attached hydrogen (secondary N) is 1. The first-order chi connectivity index (χ1) is 15.6. The fourth-order valence-corrected chi connectivity index (χ4v) is 4.28. The Morgan fingerprint density at radius 2 is 1.66 bits per heavy atom. The van der Waals surface area contributed by atoms with Crippen LogP contribution in [0.4, 0.5) is 5.69 Å². The van der Waals surface area contributed by atoms with Gasteiger partial charge in [-0.1, -0.05) is 12.1 Å². The molecule has 0 atom stereocenters. The summed E-state index contributed by atoms with van der Waals surface area (Å²) in [5.74, 6) is -0.999. The number of amides is 3. The van der Waals surface area contributed by atoms with Crippen molar-refractivity contribution in [2.75, 3.05) is 4.90 Å². The van der Waals surface area contributed by atoms with Crippen LogP contribution in [0.3, 0.4) is 0 Å². The van der Waals surface area contributed by atoms with Crippen LogP contribution in [0.25, 0.3) is 10.6 Å². The number of benzene rings is 2. The van der Waals surface area contributed by atoms with Gasteiger partial charge < -0.3 is 5.32 Å². The average molecular weight is 440 g/mol. The predicted molar refractivity (Wildman–Crippen MR) is 121 cm³/mol. The first-order valence-electron chi connectivity index (χ1n) is 9.83. The summed E-state index contributed by atoms with van der Waals surface area (Å²) in [7, 11) is 0. The van der Waals surface area contributed by atoms with E-state index < -0.39 is 0 Å². The quantitative estimate of drug-likeness (QED) is 0.475. The van der Waals surface area contributed by atoms with E-state index in [4.69, 9.17) is 0 Å². The number of hydrogen-bond acceptors (Lipinski definition) is 6. The largest absolute Gasteiger partial charge is 0.346 e. The van der Waals surface area contributed by atoms with E-state index >= 15 is 0 Å². The van der Waals surface area contributed by atoms with Gasteiger partial charge in [0.15, 0.2) is 0 Å². The molecule has 5 rings (SSSR count). The fourth-order valence-electron chi connectivity index (χ4n) is 3.47. The molecule has 0 saturated carbocycles. The molecule has 0 saturated heterocycles. The summed E-state index contributed by atoms with van der Waals surface area (Å²) in [6.07, 6.45) is 3.45. The zero-order chi connectivity index (χ0) is 22.1. The predicted octanol–water partition coefficient (Wildman–Crippen LogP) is 3.94. The number of pyridine rings is 1. The van der Waals surface area contributed by atoms with E-state index in [9.17, 15) is 14.4 Å². The maximum absolute atomic E-state index is 12.6. The van der Waals surface area contributed by atoms with Gasteiger partial charge in [-0.15, -0.1) is 11.3 Å². The number of anilines is 1. The molecule has 0 aliphatic carbocycles. The van der Waals surface area contributed by atoms with Crippen molar-refractivity contribution in [2.24, 2.45) is 0 Å². The SMILES string of the molecule is O=C(NCc1csc(-c2cccnc2)n1)c1ccc(N2C(=O)c3ccccc3C2=O)cc1. The van der Waals surface area contributed by atoms with Gasteiger partial charge in [-0.05, 0) is 48.5 Å². The van der Waals surface area contributed by atoms with E-state index in [1.807, 2.05) is 17.5 Å². The highest BCUT2D eigenvalue weighted by atomic mass is 32.1. The Morgan fingerprint density at radius 3 is 2.31 bits per heavy atom. The summed E-state index contributed by atoms with van der Waals surface area (Å²) < 4.78 is 0. The number of imide groups is 1. The number of carbonyl (C=O) groups excluding carboxylic acids is 3. The molecule has 7 nitrogen and oxygen atoms in total. The lowest BCUT2D eigenvalue weighted by atomic mass is 10.1. The second-order valence-electron chi connectivity index (χ2n) is 7.11. The Kier molecular flexibility index (Phi) is 5.04. The highest BCUT2D eigenvalue weighted by Gasteiger charge is 2.36. The molecule has 1 N–H and O–H groups in total. The molecule has 2 aromatic heterocycles. The van der Waals surface area contributed by atoms with E-state index in [-0.39, 0.29) is 24.3 Å². The van der Waals surface area contributed by atoms with E-state index in [2.05, 4.69) is 15.3 Å². The summed E-state index contributed by atoms with van der Waals surface area (Å²) in [4.78, 5) is 47.5. The Bertz CT molecular complexity index is 1300. The van der Waals surface area contributed by atoms with Crippen molar-refractivity contribution < 1.29 is 14.4 Å². The van der Waals surface area contributed by atoms with Gasteiger partial charge in [0.1, 0.15) is 5.01 Å². The molecular formula is C24H16N4O3S. The van der Waals surface area contributed by atoms with Crippen LogP contribution >= 0.6 is 11.3 Å². The van der Waals surface area contributed by atoms with Gasteiger partial charge in [-0.25, -0.2) is 9.88 Å². The van der Waals surface area contributed by atoms with E-state index in [0.29, 0.717) is 22.4 Å². The Balaban J connectivity index is 1.25. The lowest BCUT2D eigenvalue weighted by Crippen LogP contribution is -2.29. The Labute approximate surface area is 187 Å². The molecule has 0 fully saturated rings. The van der Waals surface area contributed by atoms with Gasteiger partial charge in [0.2, 0.25) is 0 Å². The highest BCUT2D eigenvalue weighted by Crippen LogP contribution is 2.28. The van der Waals surface area contributed by atoms with Crippen molar-refractivity contribution in [1.29, 1.82) is 0 Å². The zero-order valence-electron chi connectivity index (χ0n) is 16.7. The summed E-state index contributed by atoms with van der Waals surface area (Å²) in [5.41, 5.74) is 3.30. The first-order valence-corrected chi connectivity index (χ1v) is 10.7. The molecule has 0 unspecified atom stereocenters. The van der Waals surface area contributed by atoms with Crippen LogP contribution < -0.4 is 10.2 Å². The fraction of sp³-hybridized carbons (Fsp3) is 0.0417. The Morgan fingerprint density at radius 1 is 0.938 bits per heavy atom. The number of thiazole rings is 1. The third kappa shape index (κ3) is 3.57. The zero-order valence-corrected chi connectivity index (χ0v) is 17.5. The molecule has 156 valence electrons. The molecule has 1 aliphatic heterocycles. The standard InChI is InChI=1S/C24H16N4O3S/c29-21(26-13-17-14-32-22(27-17)16-4-3-11-25-12-16)15-7-9-18(10-8-15)28-23(30)19-5-1-2-6-20(19)24(28)31/h1-12,14H,13H2,(H,26,29). The number of rotatable bonds is 5. The van der Waals surface area contributed by atoms with Gasteiger partial charge in [0.25, 0.3) is 17.7 Å². The third-order valence-electron chi connectivity index (χ3n) is 5.07. The maximum atomic E-state index is 12.6. The minimum absolute atomic E-state index is 0.269. The summed E-state index contributed by atoms with van der Waals surface area (Å²) in [6.45, 7) is 0.287. The van der Waals surface area contributed by atoms with Gasteiger partial charge in [0, 0.05) is 28.9 Å². The number of carbonyl (C=O) groups is 3. The second kappa shape index (κ2) is 8.16. The van der Waals surface area contributed by atoms with Crippen LogP contribution in [0.2, 0.25) is 0 Å². The summed E-state index contributed by atoms with van der Waals surface area (Å²) in [6, 6.07) is 16.9. The van der Waals surface area contributed by atoms with Crippen molar-refractivity contribution in [3.63, 3.8) is 0 Å². The molecule has 3 amide bonds. The minimum atomic E-state index is -0.365. The smallest absolute Gasteiger partial charge is 0.266 e. The average Bonchev–Trinajstić information content (AvgIpc) is 3.41. The van der Waals surface area contributed by atoms with E-state index in [0.717, 1.165) is 21.2 Å². The molecule has 0 bridgehead atoms. The van der Waals surface area contributed by atoms with Gasteiger partial charge in [0.05, 0.1) is 29.1 Å². The molecule has 4 aromatic rings. The molecule has 3 heterocycles. The van der Waals surface area contributed by atoms with Crippen molar-refractivity contribution in [1.82, 2.24) is 15.3 Å². The van der Waals surface area contributed by atoms with Crippen molar-refractivity contribution in [3.8, 4) is 10.6 Å². The summed E-state index contributed by atoms with van der Waals surface area (Å²) >= 11 is 1.49. The molecule has 8 heteroatoms. The first kappa shape index (κ1) is 19.8. The highest BCUT2D eigenvalue weighted by molar-refractivity contribution is 7.13. The second-order valence-corrected chi connectivity index (χ2v) is 7.96. The number of hydrogen-bond donors (Lipinski definition) is 1. The van der Waals surface area contributed by atoms with Crippen molar-refractivity contribution in [3.05, 3.63) is 101 Å². The van der Waals surface area contributed by atoms with Crippen molar-refractivity contribution >= 4 is 34.7 Å². The van der Waals surface area contributed by atoms with Crippen LogP contribution in [0, 0.1) is 0 Å². The van der Waals surface area contributed by atoms with Crippen LogP contribution in [0.5, 0.6) is 0 Å². The Hall–Kier alpha value is -4.17. The summed E-state index contributed by atoms with van der Waals surface area (Å²) in [5, 5.41) is 5.58. The number of aromatic nitrogens is 2. The van der Waals surface area contributed by atoms with E-state index in [1.165, 1.54) is 11.3 Å². The molecule has 2 aromatic carbocycles. The maximum Gasteiger partial charge on any atom is 0.266 e. The van der Waals surface area contributed by atoms with Crippen LogP contribution in [0.15, 0.2) is 78.4 Å². The third-order valence-corrected chi connectivity index (χ3v) is 6.01. The molecule has 1 aliphatic rings. The molecule has 32 heavy (non-hydrogen) atoms. The lowest BCUT2D eigenvalue weighted by Gasteiger charge is -2.14.